The molecular weight excluding hydrogens is 220 g/mol. The zero-order valence-corrected chi connectivity index (χ0v) is 11.1. The van der Waals surface area contributed by atoms with Gasteiger partial charge in [0, 0.05) is 24.2 Å². The standard InChI is InChI=1S/C16H24N2/c17-11-10-13-12-18(14-6-2-1-3-7-14)16-9-5-4-8-15(13)16/h4-5,8-9,13-14H,1-3,6-7,10-12,17H2. The highest BCUT2D eigenvalue weighted by molar-refractivity contribution is 5.61. The number of hydrogen-bond donors (Lipinski definition) is 1. The number of nitrogens with zero attached hydrogens (tertiary/aromatic N) is 1. The zero-order chi connectivity index (χ0) is 12.4. The third-order valence-corrected chi connectivity index (χ3v) is 4.63. The molecule has 1 aromatic carbocycles. The summed E-state index contributed by atoms with van der Waals surface area (Å²) in [6.45, 7) is 2.00. The number of hydrogen-bond acceptors (Lipinski definition) is 2. The molecule has 0 amide bonds. The topological polar surface area (TPSA) is 29.3 Å². The molecule has 1 saturated carbocycles. The number of benzene rings is 1. The molecule has 1 fully saturated rings. The van der Waals surface area contributed by atoms with Crippen LogP contribution in [0.25, 0.3) is 0 Å². The second kappa shape index (κ2) is 5.31. The Hall–Kier alpha value is -1.02. The lowest BCUT2D eigenvalue weighted by atomic mass is 9.94. The summed E-state index contributed by atoms with van der Waals surface area (Å²) in [4.78, 5) is 2.68. The lowest BCUT2D eigenvalue weighted by molar-refractivity contribution is 0.414. The van der Waals surface area contributed by atoms with Gasteiger partial charge in [-0.15, -0.1) is 0 Å². The van der Waals surface area contributed by atoms with Crippen LogP contribution in [0.2, 0.25) is 0 Å². The number of para-hydroxylation sites is 1. The number of rotatable bonds is 3. The van der Waals surface area contributed by atoms with Gasteiger partial charge < -0.3 is 10.6 Å². The Morgan fingerprint density at radius 3 is 2.67 bits per heavy atom. The molecule has 2 nitrogen and oxygen atoms in total. The monoisotopic (exact) mass is 244 g/mol. The highest BCUT2D eigenvalue weighted by Crippen LogP contribution is 2.41. The maximum absolute atomic E-state index is 5.77. The molecule has 1 aliphatic heterocycles. The van der Waals surface area contributed by atoms with Crippen LogP contribution < -0.4 is 10.6 Å². The first-order chi connectivity index (χ1) is 8.90. The second-order valence-corrected chi connectivity index (χ2v) is 5.78. The molecule has 18 heavy (non-hydrogen) atoms. The fourth-order valence-electron chi connectivity index (χ4n) is 3.71. The van der Waals surface area contributed by atoms with Crippen molar-refractivity contribution in [3.63, 3.8) is 0 Å². The first-order valence-electron chi connectivity index (χ1n) is 7.46. The first-order valence-corrected chi connectivity index (χ1v) is 7.46. The molecule has 0 radical (unpaired) electrons. The molecule has 2 heteroatoms. The molecule has 1 aliphatic carbocycles. The molecule has 98 valence electrons. The summed E-state index contributed by atoms with van der Waals surface area (Å²) in [6, 6.07) is 9.74. The first kappa shape index (κ1) is 12.0. The van der Waals surface area contributed by atoms with Gasteiger partial charge in [0.25, 0.3) is 0 Å². The van der Waals surface area contributed by atoms with Crippen LogP contribution in [0.5, 0.6) is 0 Å². The SMILES string of the molecule is NCCC1CN(C2CCCCC2)c2ccccc21. The fraction of sp³-hybridized carbons (Fsp3) is 0.625. The molecule has 1 aromatic rings. The second-order valence-electron chi connectivity index (χ2n) is 5.78. The summed E-state index contributed by atoms with van der Waals surface area (Å²) < 4.78 is 0. The van der Waals surface area contributed by atoms with E-state index in [4.69, 9.17) is 5.73 Å². The van der Waals surface area contributed by atoms with Crippen LogP contribution in [0, 0.1) is 0 Å². The summed E-state index contributed by atoms with van der Waals surface area (Å²) in [5, 5.41) is 0. The van der Waals surface area contributed by atoms with Crippen molar-refractivity contribution in [2.45, 2.75) is 50.5 Å². The van der Waals surface area contributed by atoms with Gasteiger partial charge in [0.2, 0.25) is 0 Å². The Kier molecular flexibility index (Phi) is 3.55. The molecule has 1 unspecified atom stereocenters. The van der Waals surface area contributed by atoms with Gasteiger partial charge in [0.05, 0.1) is 0 Å². The van der Waals surface area contributed by atoms with E-state index in [9.17, 15) is 0 Å². The minimum absolute atomic E-state index is 0.660. The molecule has 2 N–H and O–H groups in total. The van der Waals surface area contributed by atoms with Crippen molar-refractivity contribution in [2.75, 3.05) is 18.0 Å². The van der Waals surface area contributed by atoms with Crippen molar-refractivity contribution in [3.8, 4) is 0 Å². The Balaban J connectivity index is 1.84. The summed E-state index contributed by atoms with van der Waals surface area (Å²) in [7, 11) is 0. The van der Waals surface area contributed by atoms with Crippen LogP contribution >= 0.6 is 0 Å². The summed E-state index contributed by atoms with van der Waals surface area (Å²) >= 11 is 0. The number of fused-ring (bicyclic) bond motifs is 1. The van der Waals surface area contributed by atoms with Crippen LogP contribution in [0.4, 0.5) is 5.69 Å². The van der Waals surface area contributed by atoms with Gasteiger partial charge in [-0.2, -0.15) is 0 Å². The zero-order valence-electron chi connectivity index (χ0n) is 11.1. The smallest absolute Gasteiger partial charge is 0.0405 e. The van der Waals surface area contributed by atoms with E-state index < -0.39 is 0 Å². The lowest BCUT2D eigenvalue weighted by Gasteiger charge is -2.33. The Morgan fingerprint density at radius 1 is 1.11 bits per heavy atom. The van der Waals surface area contributed by atoms with E-state index in [-0.39, 0.29) is 0 Å². The van der Waals surface area contributed by atoms with Gasteiger partial charge in [-0.1, -0.05) is 37.5 Å². The Morgan fingerprint density at radius 2 is 1.89 bits per heavy atom. The molecule has 1 heterocycles. The average molecular weight is 244 g/mol. The summed E-state index contributed by atoms with van der Waals surface area (Å²) in [5.41, 5.74) is 8.80. The number of nitrogens with two attached hydrogens (primary N) is 1. The molecular formula is C16H24N2. The van der Waals surface area contributed by atoms with Crippen molar-refractivity contribution in [2.24, 2.45) is 5.73 Å². The third kappa shape index (κ3) is 2.14. The van der Waals surface area contributed by atoms with Crippen molar-refractivity contribution < 1.29 is 0 Å². The van der Waals surface area contributed by atoms with Crippen molar-refractivity contribution in [1.82, 2.24) is 0 Å². The average Bonchev–Trinajstić information content (AvgIpc) is 2.80. The van der Waals surface area contributed by atoms with Crippen molar-refractivity contribution >= 4 is 5.69 Å². The minimum Gasteiger partial charge on any atom is -0.368 e. The normalized spacial score (nSPS) is 24.3. The predicted octanol–water partition coefficient (Wildman–Crippen LogP) is 3.27. The van der Waals surface area contributed by atoms with Crippen LogP contribution in [0.3, 0.4) is 0 Å². The van der Waals surface area contributed by atoms with E-state index in [1.54, 1.807) is 0 Å². The predicted molar refractivity (Wildman–Crippen MR) is 77.1 cm³/mol. The Labute approximate surface area is 110 Å². The fourth-order valence-corrected chi connectivity index (χ4v) is 3.71. The van der Waals surface area contributed by atoms with E-state index in [1.807, 2.05) is 0 Å². The van der Waals surface area contributed by atoms with Crippen LogP contribution in [0.15, 0.2) is 24.3 Å². The van der Waals surface area contributed by atoms with Gasteiger partial charge in [-0.25, -0.2) is 0 Å². The molecule has 3 rings (SSSR count). The van der Waals surface area contributed by atoms with E-state index in [1.165, 1.54) is 49.9 Å². The largest absolute Gasteiger partial charge is 0.368 e. The molecule has 0 bridgehead atoms. The summed E-state index contributed by atoms with van der Waals surface area (Å²) in [6.07, 6.45) is 8.13. The van der Waals surface area contributed by atoms with Gasteiger partial charge in [-0.3, -0.25) is 0 Å². The van der Waals surface area contributed by atoms with Crippen LogP contribution in [0.1, 0.15) is 50.0 Å². The maximum atomic E-state index is 5.77. The maximum Gasteiger partial charge on any atom is 0.0405 e. The molecule has 0 spiro atoms. The van der Waals surface area contributed by atoms with Crippen LogP contribution in [-0.4, -0.2) is 19.1 Å². The van der Waals surface area contributed by atoms with Gasteiger partial charge >= 0.3 is 0 Å². The van der Waals surface area contributed by atoms with Crippen molar-refractivity contribution in [1.29, 1.82) is 0 Å². The molecule has 1 atom stereocenters. The quantitative estimate of drug-likeness (QED) is 0.884. The highest BCUT2D eigenvalue weighted by atomic mass is 15.2. The van der Waals surface area contributed by atoms with Gasteiger partial charge in [0.15, 0.2) is 0 Å². The van der Waals surface area contributed by atoms with Crippen molar-refractivity contribution in [3.05, 3.63) is 29.8 Å². The molecule has 0 saturated heterocycles. The minimum atomic E-state index is 0.660. The molecule has 2 aliphatic rings. The van der Waals surface area contributed by atoms with E-state index in [0.29, 0.717) is 5.92 Å². The van der Waals surface area contributed by atoms with E-state index in [2.05, 4.69) is 29.2 Å². The van der Waals surface area contributed by atoms with Gasteiger partial charge in [-0.05, 0) is 37.4 Å². The third-order valence-electron chi connectivity index (χ3n) is 4.63. The Bertz CT molecular complexity index is 396. The van der Waals surface area contributed by atoms with Gasteiger partial charge in [0.1, 0.15) is 0 Å². The van der Waals surface area contributed by atoms with E-state index >= 15 is 0 Å². The number of anilines is 1. The summed E-state index contributed by atoms with van der Waals surface area (Å²) in [5.74, 6) is 0.660. The lowest BCUT2D eigenvalue weighted by Crippen LogP contribution is -2.36. The highest BCUT2D eigenvalue weighted by Gasteiger charge is 2.32. The van der Waals surface area contributed by atoms with Crippen LogP contribution in [-0.2, 0) is 0 Å². The van der Waals surface area contributed by atoms with E-state index in [0.717, 1.165) is 19.0 Å². The molecule has 0 aromatic heterocycles.